The van der Waals surface area contributed by atoms with Gasteiger partial charge >= 0.3 is 0 Å². The van der Waals surface area contributed by atoms with Gasteiger partial charge in [0, 0.05) is 7.11 Å². The molecule has 0 N–H and O–H groups in total. The highest BCUT2D eigenvalue weighted by Crippen LogP contribution is 2.14. The van der Waals surface area contributed by atoms with Crippen molar-refractivity contribution in [3.05, 3.63) is 11.1 Å². The van der Waals surface area contributed by atoms with E-state index in [1.165, 1.54) is 11.1 Å². The van der Waals surface area contributed by atoms with Gasteiger partial charge < -0.3 is 9.47 Å². The van der Waals surface area contributed by atoms with Crippen LogP contribution in [0.25, 0.3) is 0 Å². The summed E-state index contributed by atoms with van der Waals surface area (Å²) in [6.45, 7) is 4.52. The van der Waals surface area contributed by atoms with Crippen LogP contribution >= 0.6 is 0 Å². The highest BCUT2D eigenvalue weighted by Gasteiger charge is 2.07. The molecule has 10 heavy (non-hydrogen) atoms. The normalized spacial score (nSPS) is 19.8. The number of hydrogen-bond acceptors (Lipinski definition) is 2. The molecule has 0 saturated carbocycles. The second-order valence-corrected chi connectivity index (χ2v) is 2.62. The zero-order valence-electron chi connectivity index (χ0n) is 6.64. The van der Waals surface area contributed by atoms with Crippen molar-refractivity contribution in [3.63, 3.8) is 0 Å². The van der Waals surface area contributed by atoms with Crippen LogP contribution in [0.2, 0.25) is 0 Å². The van der Waals surface area contributed by atoms with Crippen LogP contribution in [0.5, 0.6) is 0 Å². The summed E-state index contributed by atoms with van der Waals surface area (Å²) in [6, 6.07) is 0. The second kappa shape index (κ2) is 3.74. The van der Waals surface area contributed by atoms with Crippen LogP contribution in [-0.2, 0) is 9.47 Å². The van der Waals surface area contributed by atoms with E-state index in [2.05, 4.69) is 6.92 Å². The van der Waals surface area contributed by atoms with E-state index in [0.29, 0.717) is 0 Å². The fourth-order valence-electron chi connectivity index (χ4n) is 1.06. The second-order valence-electron chi connectivity index (χ2n) is 2.62. The summed E-state index contributed by atoms with van der Waals surface area (Å²) in [4.78, 5) is 0. The van der Waals surface area contributed by atoms with Crippen molar-refractivity contribution in [1.82, 2.24) is 0 Å². The first-order valence-corrected chi connectivity index (χ1v) is 3.58. The first-order chi connectivity index (χ1) is 4.84. The molecule has 0 bridgehead atoms. The zero-order chi connectivity index (χ0) is 7.40. The highest BCUT2D eigenvalue weighted by atomic mass is 16.5. The lowest BCUT2D eigenvalue weighted by molar-refractivity contribution is 0.126. The zero-order valence-corrected chi connectivity index (χ0v) is 6.64. The molecule has 0 aromatic heterocycles. The minimum atomic E-state index is 0.728. The quantitative estimate of drug-likeness (QED) is 0.542. The van der Waals surface area contributed by atoms with Gasteiger partial charge in [-0.2, -0.15) is 0 Å². The Labute approximate surface area is 61.8 Å². The van der Waals surface area contributed by atoms with Gasteiger partial charge in [0.15, 0.2) is 0 Å². The molecule has 0 radical (unpaired) electrons. The minimum absolute atomic E-state index is 0.728. The van der Waals surface area contributed by atoms with Gasteiger partial charge in [0.05, 0.1) is 19.8 Å². The van der Waals surface area contributed by atoms with Gasteiger partial charge in [-0.05, 0) is 18.9 Å². The maximum atomic E-state index is 5.27. The van der Waals surface area contributed by atoms with Crippen LogP contribution in [0.15, 0.2) is 11.1 Å². The topological polar surface area (TPSA) is 18.5 Å². The van der Waals surface area contributed by atoms with E-state index < -0.39 is 0 Å². The molecule has 0 spiro atoms. The number of hydrogen-bond donors (Lipinski definition) is 0. The summed E-state index contributed by atoms with van der Waals surface area (Å²) >= 11 is 0. The van der Waals surface area contributed by atoms with Crippen LogP contribution in [-0.4, -0.2) is 26.9 Å². The van der Waals surface area contributed by atoms with Gasteiger partial charge in [0.2, 0.25) is 0 Å². The Morgan fingerprint density at radius 2 is 2.40 bits per heavy atom. The van der Waals surface area contributed by atoms with Crippen molar-refractivity contribution in [2.75, 3.05) is 26.9 Å². The maximum Gasteiger partial charge on any atom is 0.0701 e. The first-order valence-electron chi connectivity index (χ1n) is 3.58. The van der Waals surface area contributed by atoms with Crippen LogP contribution in [0, 0.1) is 0 Å². The van der Waals surface area contributed by atoms with Crippen LogP contribution in [0.4, 0.5) is 0 Å². The molecule has 0 aromatic carbocycles. The molecule has 1 aliphatic rings. The van der Waals surface area contributed by atoms with Crippen LogP contribution < -0.4 is 0 Å². The summed E-state index contributed by atoms with van der Waals surface area (Å²) in [7, 11) is 1.72. The van der Waals surface area contributed by atoms with E-state index in [1.807, 2.05) is 0 Å². The Hall–Kier alpha value is -0.340. The smallest absolute Gasteiger partial charge is 0.0701 e. The van der Waals surface area contributed by atoms with E-state index in [1.54, 1.807) is 7.11 Å². The molecule has 0 atom stereocenters. The molecule has 1 rings (SSSR count). The van der Waals surface area contributed by atoms with Crippen LogP contribution in [0.1, 0.15) is 13.3 Å². The van der Waals surface area contributed by atoms with Crippen molar-refractivity contribution in [2.45, 2.75) is 13.3 Å². The fourth-order valence-corrected chi connectivity index (χ4v) is 1.06. The minimum Gasteiger partial charge on any atom is -0.380 e. The Bertz CT molecular complexity index is 138. The predicted molar refractivity (Wildman–Crippen MR) is 40.0 cm³/mol. The summed E-state index contributed by atoms with van der Waals surface area (Å²) in [5.41, 5.74) is 2.75. The Morgan fingerprint density at radius 3 is 3.00 bits per heavy atom. The SMILES string of the molecule is COCC1=C(C)CCOC1. The lowest BCUT2D eigenvalue weighted by atomic mass is 10.1. The Morgan fingerprint density at radius 1 is 1.60 bits per heavy atom. The van der Waals surface area contributed by atoms with Gasteiger partial charge in [-0.3, -0.25) is 0 Å². The third kappa shape index (κ3) is 1.82. The Kier molecular flexibility index (Phi) is 2.90. The Balaban J connectivity index is 2.50. The van der Waals surface area contributed by atoms with E-state index in [9.17, 15) is 0 Å². The third-order valence-electron chi connectivity index (χ3n) is 1.82. The molecule has 2 heteroatoms. The third-order valence-corrected chi connectivity index (χ3v) is 1.82. The molecule has 0 saturated heterocycles. The molecule has 2 nitrogen and oxygen atoms in total. The molecular weight excluding hydrogens is 128 g/mol. The van der Waals surface area contributed by atoms with Crippen molar-refractivity contribution in [2.24, 2.45) is 0 Å². The molecule has 1 aliphatic heterocycles. The monoisotopic (exact) mass is 142 g/mol. The number of ether oxygens (including phenoxy) is 2. The molecule has 0 unspecified atom stereocenters. The molecule has 58 valence electrons. The van der Waals surface area contributed by atoms with Gasteiger partial charge in [-0.1, -0.05) is 5.57 Å². The van der Waals surface area contributed by atoms with E-state index in [-0.39, 0.29) is 0 Å². The fraction of sp³-hybridized carbons (Fsp3) is 0.750. The van der Waals surface area contributed by atoms with Gasteiger partial charge in [0.25, 0.3) is 0 Å². The van der Waals surface area contributed by atoms with Crippen molar-refractivity contribution >= 4 is 0 Å². The highest BCUT2D eigenvalue weighted by molar-refractivity contribution is 5.15. The lowest BCUT2D eigenvalue weighted by Crippen LogP contribution is -2.13. The summed E-state index contributed by atoms with van der Waals surface area (Å²) in [6.07, 6.45) is 1.07. The summed E-state index contributed by atoms with van der Waals surface area (Å²) < 4.78 is 10.3. The molecule has 0 aromatic rings. The van der Waals surface area contributed by atoms with E-state index >= 15 is 0 Å². The van der Waals surface area contributed by atoms with Crippen molar-refractivity contribution in [3.8, 4) is 0 Å². The largest absolute Gasteiger partial charge is 0.380 e. The standard InChI is InChI=1S/C8H14O2/c1-7-3-4-10-6-8(7)5-9-2/h3-6H2,1-2H3. The molecule has 0 amide bonds. The lowest BCUT2D eigenvalue weighted by Gasteiger charge is -2.17. The van der Waals surface area contributed by atoms with Gasteiger partial charge in [-0.25, -0.2) is 0 Å². The van der Waals surface area contributed by atoms with Crippen LogP contribution in [0.3, 0.4) is 0 Å². The molecular formula is C8H14O2. The predicted octanol–water partition coefficient (Wildman–Crippen LogP) is 1.37. The van der Waals surface area contributed by atoms with Gasteiger partial charge in [-0.15, -0.1) is 0 Å². The summed E-state index contributed by atoms with van der Waals surface area (Å²) in [5, 5.41) is 0. The maximum absolute atomic E-state index is 5.27. The molecule has 0 fully saturated rings. The van der Waals surface area contributed by atoms with Crippen molar-refractivity contribution < 1.29 is 9.47 Å². The average Bonchev–Trinajstić information content (AvgIpc) is 1.94. The number of methoxy groups -OCH3 is 1. The van der Waals surface area contributed by atoms with Crippen molar-refractivity contribution in [1.29, 1.82) is 0 Å². The first kappa shape index (κ1) is 7.76. The molecule has 0 aliphatic carbocycles. The summed E-state index contributed by atoms with van der Waals surface area (Å²) in [5.74, 6) is 0. The number of rotatable bonds is 2. The van der Waals surface area contributed by atoms with E-state index in [0.717, 1.165) is 26.2 Å². The van der Waals surface area contributed by atoms with E-state index in [4.69, 9.17) is 9.47 Å². The van der Waals surface area contributed by atoms with Gasteiger partial charge in [0.1, 0.15) is 0 Å². The molecule has 1 heterocycles. The average molecular weight is 142 g/mol.